The van der Waals surface area contributed by atoms with Gasteiger partial charge in [0.05, 0.1) is 0 Å². The summed E-state index contributed by atoms with van der Waals surface area (Å²) in [5.41, 5.74) is 3.02. The number of pyridine rings is 1. The first-order chi connectivity index (χ1) is 11.3. The molecule has 0 aliphatic carbocycles. The third kappa shape index (κ3) is 2.61. The van der Waals surface area contributed by atoms with E-state index in [0.717, 1.165) is 18.8 Å². The molecule has 0 atom stereocenters. The molecule has 4 rings (SSSR count). The van der Waals surface area contributed by atoms with Crippen LogP contribution in [0.5, 0.6) is 0 Å². The van der Waals surface area contributed by atoms with Crippen LogP contribution in [0.1, 0.15) is 10.4 Å². The van der Waals surface area contributed by atoms with E-state index >= 15 is 0 Å². The highest BCUT2D eigenvalue weighted by Crippen LogP contribution is 2.17. The largest absolute Gasteiger partial charge is 0.368 e. The average molecular weight is 309 g/mol. The van der Waals surface area contributed by atoms with Crippen molar-refractivity contribution in [3.05, 3.63) is 48.3 Å². The van der Waals surface area contributed by atoms with Gasteiger partial charge in [-0.15, -0.1) is 0 Å². The molecule has 0 spiro atoms. The molecule has 3 aromatic rings. The number of fused-ring (bicyclic) bond motifs is 1. The number of hydrogen-bond acceptors (Lipinski definition) is 6. The lowest BCUT2D eigenvalue weighted by atomic mass is 10.1. The van der Waals surface area contributed by atoms with Gasteiger partial charge in [-0.1, -0.05) is 0 Å². The van der Waals surface area contributed by atoms with Crippen molar-refractivity contribution in [3.63, 3.8) is 0 Å². The molecule has 7 heteroatoms. The molecule has 1 saturated heterocycles. The van der Waals surface area contributed by atoms with Crippen molar-refractivity contribution < 1.29 is 9.42 Å². The minimum atomic E-state index is 0.0179. The molecule has 3 heterocycles. The van der Waals surface area contributed by atoms with E-state index in [2.05, 4.69) is 24.8 Å². The van der Waals surface area contributed by atoms with Crippen LogP contribution in [-0.4, -0.2) is 52.3 Å². The molecule has 0 unspecified atom stereocenters. The quantitative estimate of drug-likeness (QED) is 0.715. The van der Waals surface area contributed by atoms with E-state index in [9.17, 15) is 4.79 Å². The molecule has 1 aliphatic rings. The summed E-state index contributed by atoms with van der Waals surface area (Å²) in [7, 11) is 0. The van der Waals surface area contributed by atoms with Crippen LogP contribution < -0.4 is 4.90 Å². The molecule has 1 amide bonds. The van der Waals surface area contributed by atoms with Gasteiger partial charge in [0.1, 0.15) is 11.0 Å². The summed E-state index contributed by atoms with van der Waals surface area (Å²) in [6.45, 7) is 3.00. The van der Waals surface area contributed by atoms with E-state index < -0.39 is 0 Å². The Labute approximate surface area is 132 Å². The van der Waals surface area contributed by atoms with E-state index in [4.69, 9.17) is 0 Å². The molecule has 2 aromatic heterocycles. The molecular formula is C16H15N5O2. The number of carbonyl (C=O) groups excluding carboxylic acids is 1. The number of rotatable bonds is 2. The van der Waals surface area contributed by atoms with E-state index in [-0.39, 0.29) is 5.91 Å². The van der Waals surface area contributed by atoms with Crippen LogP contribution in [0.4, 0.5) is 5.69 Å². The van der Waals surface area contributed by atoms with Crippen LogP contribution in [0.25, 0.3) is 11.0 Å². The van der Waals surface area contributed by atoms with Gasteiger partial charge in [-0.2, -0.15) is 0 Å². The van der Waals surface area contributed by atoms with E-state index in [0.29, 0.717) is 29.7 Å². The molecule has 1 aromatic carbocycles. The Bertz CT molecular complexity index is 825. The first kappa shape index (κ1) is 13.7. The number of aromatic nitrogens is 3. The Hall–Kier alpha value is -2.96. The van der Waals surface area contributed by atoms with Crippen LogP contribution in [0, 0.1) is 0 Å². The fraction of sp³-hybridized carbons (Fsp3) is 0.250. The van der Waals surface area contributed by atoms with Crippen LogP contribution in [0.2, 0.25) is 0 Å². The number of carbonyl (C=O) groups is 1. The lowest BCUT2D eigenvalue weighted by molar-refractivity contribution is 0.0747. The summed E-state index contributed by atoms with van der Waals surface area (Å²) < 4.78 is 4.67. The van der Waals surface area contributed by atoms with Gasteiger partial charge in [0.2, 0.25) is 0 Å². The number of nitrogens with zero attached hydrogens (tertiary/aromatic N) is 5. The molecule has 0 N–H and O–H groups in total. The normalized spacial score (nSPS) is 15.1. The Morgan fingerprint density at radius 2 is 1.70 bits per heavy atom. The maximum absolute atomic E-state index is 12.6. The van der Waals surface area contributed by atoms with Gasteiger partial charge in [0, 0.05) is 49.8 Å². The molecule has 1 fully saturated rings. The number of benzene rings is 1. The maximum Gasteiger partial charge on any atom is 0.254 e. The predicted molar refractivity (Wildman–Crippen MR) is 84.2 cm³/mol. The molecular weight excluding hydrogens is 294 g/mol. The Morgan fingerprint density at radius 1 is 0.957 bits per heavy atom. The SMILES string of the molecule is O=C(c1ccc2nonc2c1)N1CCN(c2ccncc2)CC1. The highest BCUT2D eigenvalue weighted by atomic mass is 16.6. The molecule has 1 aliphatic heterocycles. The highest BCUT2D eigenvalue weighted by molar-refractivity contribution is 5.97. The first-order valence-electron chi connectivity index (χ1n) is 7.48. The molecule has 116 valence electrons. The minimum absolute atomic E-state index is 0.0179. The number of amides is 1. The van der Waals surface area contributed by atoms with Crippen LogP contribution >= 0.6 is 0 Å². The van der Waals surface area contributed by atoms with Gasteiger partial charge in [0.15, 0.2) is 0 Å². The fourth-order valence-corrected chi connectivity index (χ4v) is 2.82. The van der Waals surface area contributed by atoms with Gasteiger partial charge >= 0.3 is 0 Å². The van der Waals surface area contributed by atoms with Crippen molar-refractivity contribution in [1.82, 2.24) is 20.2 Å². The third-order valence-electron chi connectivity index (χ3n) is 4.10. The molecule has 7 nitrogen and oxygen atoms in total. The molecule has 0 saturated carbocycles. The summed E-state index contributed by atoms with van der Waals surface area (Å²) in [6.07, 6.45) is 3.57. The van der Waals surface area contributed by atoms with Crippen molar-refractivity contribution in [2.45, 2.75) is 0 Å². The summed E-state index contributed by atoms with van der Waals surface area (Å²) in [5.74, 6) is 0.0179. The number of hydrogen-bond donors (Lipinski definition) is 0. The lowest BCUT2D eigenvalue weighted by Crippen LogP contribution is -2.48. The second-order valence-electron chi connectivity index (χ2n) is 5.45. The summed E-state index contributed by atoms with van der Waals surface area (Å²) >= 11 is 0. The smallest absolute Gasteiger partial charge is 0.254 e. The zero-order valence-corrected chi connectivity index (χ0v) is 12.4. The molecule has 0 bridgehead atoms. The Morgan fingerprint density at radius 3 is 2.48 bits per heavy atom. The monoisotopic (exact) mass is 309 g/mol. The fourth-order valence-electron chi connectivity index (χ4n) is 2.82. The van der Waals surface area contributed by atoms with E-state index in [1.54, 1.807) is 30.6 Å². The van der Waals surface area contributed by atoms with Gasteiger partial charge in [0.25, 0.3) is 5.91 Å². The van der Waals surface area contributed by atoms with Crippen LogP contribution in [0.15, 0.2) is 47.4 Å². The van der Waals surface area contributed by atoms with Crippen LogP contribution in [-0.2, 0) is 0 Å². The van der Waals surface area contributed by atoms with Crippen molar-refractivity contribution in [1.29, 1.82) is 0 Å². The second kappa shape index (κ2) is 5.68. The predicted octanol–water partition coefficient (Wildman–Crippen LogP) is 1.58. The highest BCUT2D eigenvalue weighted by Gasteiger charge is 2.22. The number of piperazine rings is 1. The second-order valence-corrected chi connectivity index (χ2v) is 5.45. The maximum atomic E-state index is 12.6. The summed E-state index contributed by atoms with van der Waals surface area (Å²) in [5, 5.41) is 7.54. The van der Waals surface area contributed by atoms with E-state index in [1.165, 1.54) is 0 Å². The Balaban J connectivity index is 1.46. The third-order valence-corrected chi connectivity index (χ3v) is 4.10. The number of anilines is 1. The topological polar surface area (TPSA) is 75.4 Å². The molecule has 0 radical (unpaired) electrons. The minimum Gasteiger partial charge on any atom is -0.368 e. The van der Waals surface area contributed by atoms with Crippen molar-refractivity contribution >= 4 is 22.6 Å². The van der Waals surface area contributed by atoms with Crippen molar-refractivity contribution in [2.75, 3.05) is 31.1 Å². The zero-order chi connectivity index (χ0) is 15.6. The standard InChI is InChI=1S/C16H15N5O2/c22-16(12-1-2-14-15(11-12)19-23-18-14)21-9-7-20(8-10-21)13-3-5-17-6-4-13/h1-6,11H,7-10H2. The first-order valence-corrected chi connectivity index (χ1v) is 7.48. The van der Waals surface area contributed by atoms with E-state index in [1.807, 2.05) is 17.0 Å². The van der Waals surface area contributed by atoms with Crippen molar-refractivity contribution in [2.24, 2.45) is 0 Å². The van der Waals surface area contributed by atoms with Gasteiger partial charge < -0.3 is 9.80 Å². The zero-order valence-electron chi connectivity index (χ0n) is 12.4. The lowest BCUT2D eigenvalue weighted by Gasteiger charge is -2.36. The van der Waals surface area contributed by atoms with Gasteiger partial charge in [-0.3, -0.25) is 9.78 Å². The summed E-state index contributed by atoms with van der Waals surface area (Å²) in [6, 6.07) is 9.23. The van der Waals surface area contributed by atoms with Gasteiger partial charge in [-0.05, 0) is 40.6 Å². The Kier molecular flexibility index (Phi) is 3.38. The average Bonchev–Trinajstić information content (AvgIpc) is 3.10. The molecule has 23 heavy (non-hydrogen) atoms. The van der Waals surface area contributed by atoms with Crippen molar-refractivity contribution in [3.8, 4) is 0 Å². The summed E-state index contributed by atoms with van der Waals surface area (Å²) in [4.78, 5) is 20.8. The van der Waals surface area contributed by atoms with Crippen LogP contribution in [0.3, 0.4) is 0 Å². The van der Waals surface area contributed by atoms with Gasteiger partial charge in [-0.25, -0.2) is 4.63 Å².